The van der Waals surface area contributed by atoms with E-state index in [1.807, 2.05) is 32.0 Å². The van der Waals surface area contributed by atoms with Crippen LogP contribution in [0.15, 0.2) is 36.4 Å². The first-order valence-electron chi connectivity index (χ1n) is 11.3. The number of benzene rings is 2. The fraction of sp³-hybridized carbons (Fsp3) is 0.458. The first-order chi connectivity index (χ1) is 16.2. The van der Waals surface area contributed by atoms with Crippen LogP contribution in [0.3, 0.4) is 0 Å². The number of rotatable bonds is 10. The van der Waals surface area contributed by atoms with Crippen molar-refractivity contribution in [1.82, 2.24) is 9.62 Å². The predicted octanol–water partition coefficient (Wildman–Crippen LogP) is 4.65. The van der Waals surface area contributed by atoms with E-state index < -0.39 is 10.0 Å². The number of sulfonamides is 1. The lowest BCUT2D eigenvalue weighted by Crippen LogP contribution is -2.43. The van der Waals surface area contributed by atoms with Gasteiger partial charge in [-0.15, -0.1) is 0 Å². The molecule has 1 aliphatic rings. The third-order valence-corrected chi connectivity index (χ3v) is 8.21. The average Bonchev–Trinajstić information content (AvgIpc) is 2.81. The topological polar surface area (TPSA) is 84.9 Å². The van der Waals surface area contributed by atoms with Crippen LogP contribution in [0.2, 0.25) is 10.0 Å². The summed E-state index contributed by atoms with van der Waals surface area (Å²) in [5.74, 6) is 0.866. The molecule has 2 aromatic carbocycles. The van der Waals surface area contributed by atoms with Gasteiger partial charge in [-0.2, -0.15) is 0 Å². The van der Waals surface area contributed by atoms with Crippen LogP contribution in [0.4, 0.5) is 0 Å². The van der Waals surface area contributed by atoms with Gasteiger partial charge in [-0.1, -0.05) is 35.3 Å². The number of nitrogens with zero attached hydrogens (tertiary/aromatic N) is 1. The van der Waals surface area contributed by atoms with Crippen molar-refractivity contribution in [1.29, 1.82) is 0 Å². The van der Waals surface area contributed by atoms with Crippen LogP contribution in [0.1, 0.15) is 37.8 Å². The third kappa shape index (κ3) is 7.01. The number of hydrogen-bond donors (Lipinski definition) is 1. The van der Waals surface area contributed by atoms with Crippen LogP contribution >= 0.6 is 23.2 Å². The van der Waals surface area contributed by atoms with Crippen molar-refractivity contribution in [3.05, 3.63) is 57.6 Å². The smallest absolute Gasteiger partial charge is 0.223 e. The van der Waals surface area contributed by atoms with Crippen LogP contribution in [-0.2, 0) is 27.1 Å². The van der Waals surface area contributed by atoms with E-state index >= 15 is 0 Å². The summed E-state index contributed by atoms with van der Waals surface area (Å²) in [5.41, 5.74) is 1.48. The van der Waals surface area contributed by atoms with E-state index in [2.05, 4.69) is 5.32 Å². The Morgan fingerprint density at radius 2 is 1.62 bits per heavy atom. The zero-order chi connectivity index (χ0) is 24.7. The van der Waals surface area contributed by atoms with Gasteiger partial charge >= 0.3 is 0 Å². The zero-order valence-corrected chi connectivity index (χ0v) is 21.7. The van der Waals surface area contributed by atoms with Crippen molar-refractivity contribution in [3.8, 4) is 11.5 Å². The SMILES string of the molecule is CCOc1ccc(CNC(=O)C2CCN(S(=O)(=O)Cc3ccc(Cl)c(Cl)c3)CC2)cc1OCC. The maximum absolute atomic E-state index is 12.8. The molecule has 0 aliphatic carbocycles. The molecule has 0 saturated carbocycles. The Labute approximate surface area is 211 Å². The molecule has 1 amide bonds. The number of piperidine rings is 1. The average molecular weight is 529 g/mol. The molecule has 186 valence electrons. The molecule has 0 unspecified atom stereocenters. The van der Waals surface area contributed by atoms with Crippen molar-refractivity contribution in [2.45, 2.75) is 39.0 Å². The first-order valence-corrected chi connectivity index (χ1v) is 13.7. The Hall–Kier alpha value is -2.00. The number of amides is 1. The molecular formula is C24H30Cl2N2O5S. The molecule has 0 bridgehead atoms. The Morgan fingerprint density at radius 3 is 2.26 bits per heavy atom. The summed E-state index contributed by atoms with van der Waals surface area (Å²) in [6, 6.07) is 10.4. The second-order valence-electron chi connectivity index (χ2n) is 8.04. The Balaban J connectivity index is 1.52. The number of carbonyl (C=O) groups excluding carboxylic acids is 1. The highest BCUT2D eigenvalue weighted by Gasteiger charge is 2.31. The minimum absolute atomic E-state index is 0.0756. The normalized spacial score (nSPS) is 15.2. The van der Waals surface area contributed by atoms with Crippen LogP contribution < -0.4 is 14.8 Å². The van der Waals surface area contributed by atoms with E-state index in [1.54, 1.807) is 18.2 Å². The number of carbonyl (C=O) groups is 1. The van der Waals surface area contributed by atoms with E-state index in [0.29, 0.717) is 72.8 Å². The molecule has 34 heavy (non-hydrogen) atoms. The van der Waals surface area contributed by atoms with Crippen molar-refractivity contribution in [2.75, 3.05) is 26.3 Å². The van der Waals surface area contributed by atoms with Gasteiger partial charge in [0.25, 0.3) is 0 Å². The molecule has 3 rings (SSSR count). The Morgan fingerprint density at radius 1 is 0.971 bits per heavy atom. The molecule has 2 aromatic rings. The summed E-state index contributed by atoms with van der Waals surface area (Å²) in [6.45, 7) is 5.84. The summed E-state index contributed by atoms with van der Waals surface area (Å²) in [7, 11) is -3.52. The van der Waals surface area contributed by atoms with Crippen molar-refractivity contribution >= 4 is 39.1 Å². The second-order valence-corrected chi connectivity index (χ2v) is 10.8. The predicted molar refractivity (Wildman–Crippen MR) is 134 cm³/mol. The molecule has 1 heterocycles. The van der Waals surface area contributed by atoms with Crippen molar-refractivity contribution < 1.29 is 22.7 Å². The van der Waals surface area contributed by atoms with Gasteiger partial charge < -0.3 is 14.8 Å². The number of ether oxygens (including phenoxy) is 2. The van der Waals surface area contributed by atoms with Gasteiger partial charge in [0.15, 0.2) is 11.5 Å². The van der Waals surface area contributed by atoms with E-state index in [9.17, 15) is 13.2 Å². The van der Waals surface area contributed by atoms with Gasteiger partial charge in [-0.05, 0) is 62.1 Å². The molecule has 1 N–H and O–H groups in total. The summed E-state index contributed by atoms with van der Waals surface area (Å²) < 4.78 is 38.3. The Kier molecular flexibility index (Phi) is 9.47. The van der Waals surface area contributed by atoms with Crippen LogP contribution in [0.5, 0.6) is 11.5 Å². The molecule has 0 spiro atoms. The summed E-state index contributed by atoms with van der Waals surface area (Å²) >= 11 is 11.9. The molecule has 0 radical (unpaired) electrons. The van der Waals surface area contributed by atoms with Crippen LogP contribution in [0, 0.1) is 5.92 Å². The maximum atomic E-state index is 12.8. The lowest BCUT2D eigenvalue weighted by atomic mass is 9.97. The highest BCUT2D eigenvalue weighted by atomic mass is 35.5. The van der Waals surface area contributed by atoms with Gasteiger partial charge in [-0.25, -0.2) is 12.7 Å². The van der Waals surface area contributed by atoms with Gasteiger partial charge in [0.2, 0.25) is 15.9 Å². The fourth-order valence-corrected chi connectivity index (χ4v) is 5.74. The largest absolute Gasteiger partial charge is 0.490 e. The quantitative estimate of drug-likeness (QED) is 0.485. The van der Waals surface area contributed by atoms with Crippen LogP contribution in [-0.4, -0.2) is 44.9 Å². The molecule has 0 aromatic heterocycles. The minimum atomic E-state index is -3.52. The lowest BCUT2D eigenvalue weighted by molar-refractivity contribution is -0.126. The molecule has 1 saturated heterocycles. The van der Waals surface area contributed by atoms with E-state index in [1.165, 1.54) is 4.31 Å². The summed E-state index contributed by atoms with van der Waals surface area (Å²) in [4.78, 5) is 12.7. The zero-order valence-electron chi connectivity index (χ0n) is 19.4. The van der Waals surface area contributed by atoms with Crippen molar-refractivity contribution in [3.63, 3.8) is 0 Å². The lowest BCUT2D eigenvalue weighted by Gasteiger charge is -2.30. The van der Waals surface area contributed by atoms with Gasteiger partial charge in [0.05, 0.1) is 29.0 Å². The van der Waals surface area contributed by atoms with E-state index in [0.717, 1.165) is 5.56 Å². The number of hydrogen-bond acceptors (Lipinski definition) is 5. The molecule has 1 aliphatic heterocycles. The monoisotopic (exact) mass is 528 g/mol. The van der Waals surface area contributed by atoms with E-state index in [4.69, 9.17) is 32.7 Å². The minimum Gasteiger partial charge on any atom is -0.490 e. The molecular weight excluding hydrogens is 499 g/mol. The summed E-state index contributed by atoms with van der Waals surface area (Å²) in [6.07, 6.45) is 0.944. The molecule has 0 atom stereocenters. The standard InChI is InChI=1S/C24H30Cl2N2O5S/c1-3-32-22-8-6-17(14-23(22)33-4-2)15-27-24(29)19-9-11-28(12-10-19)34(30,31)16-18-5-7-20(25)21(26)13-18/h5-8,13-14,19H,3-4,9-12,15-16H2,1-2H3,(H,27,29). The number of nitrogens with one attached hydrogen (secondary N) is 1. The highest BCUT2D eigenvalue weighted by Crippen LogP contribution is 2.29. The number of halogens is 2. The van der Waals surface area contributed by atoms with Gasteiger partial charge in [0, 0.05) is 25.6 Å². The van der Waals surface area contributed by atoms with E-state index in [-0.39, 0.29) is 17.6 Å². The maximum Gasteiger partial charge on any atom is 0.223 e. The van der Waals surface area contributed by atoms with Gasteiger partial charge in [0.1, 0.15) is 0 Å². The third-order valence-electron chi connectivity index (χ3n) is 5.63. The molecule has 7 nitrogen and oxygen atoms in total. The second kappa shape index (κ2) is 12.1. The van der Waals surface area contributed by atoms with Gasteiger partial charge in [-0.3, -0.25) is 4.79 Å². The highest BCUT2D eigenvalue weighted by molar-refractivity contribution is 7.88. The molecule has 1 fully saturated rings. The first kappa shape index (κ1) is 26.6. The summed E-state index contributed by atoms with van der Waals surface area (Å²) in [5, 5.41) is 3.67. The fourth-order valence-electron chi connectivity index (χ4n) is 3.87. The Bertz CT molecular complexity index is 1100. The van der Waals surface area contributed by atoms with Crippen molar-refractivity contribution in [2.24, 2.45) is 5.92 Å². The molecule has 10 heteroatoms. The van der Waals surface area contributed by atoms with Crippen LogP contribution in [0.25, 0.3) is 0 Å².